The monoisotopic (exact) mass is 390 g/mol. The molecule has 7 heteroatoms. The Morgan fingerprint density at radius 1 is 1.04 bits per heavy atom. The first kappa shape index (κ1) is 17.0. The number of thiazole rings is 2. The van der Waals surface area contributed by atoms with E-state index < -0.39 is 0 Å². The molecule has 2 aromatic heterocycles. The largest absolute Gasteiger partial charge is 0.347 e. The molecule has 1 aliphatic rings. The highest BCUT2D eigenvalue weighted by Gasteiger charge is 2.17. The molecule has 0 spiro atoms. The Kier molecular flexibility index (Phi) is 5.31. The van der Waals surface area contributed by atoms with E-state index in [1.165, 1.54) is 0 Å². The fraction of sp³-hybridized carbons (Fsp3) is 0.333. The predicted octanol–water partition coefficient (Wildman–Crippen LogP) is 4.63. The zero-order chi connectivity index (χ0) is 17.1. The maximum atomic E-state index is 5.97. The van der Waals surface area contributed by atoms with Gasteiger partial charge in [0, 0.05) is 60.3 Å². The van der Waals surface area contributed by atoms with Gasteiger partial charge < -0.3 is 4.90 Å². The number of anilines is 1. The second-order valence-corrected chi connectivity index (χ2v) is 8.25. The van der Waals surface area contributed by atoms with Crippen molar-refractivity contribution in [2.45, 2.75) is 13.0 Å². The van der Waals surface area contributed by atoms with E-state index >= 15 is 0 Å². The van der Waals surface area contributed by atoms with Gasteiger partial charge in [0.15, 0.2) is 5.13 Å². The number of rotatable bonds is 4. The highest BCUT2D eigenvalue weighted by Crippen LogP contribution is 2.26. The SMILES string of the molecule is Clc1ccc(-c2nc(CN3CCCN(c4nccs4)CC3)cs2)cc1. The third kappa shape index (κ3) is 4.20. The molecule has 3 aromatic rings. The van der Waals surface area contributed by atoms with Crippen molar-refractivity contribution in [2.24, 2.45) is 0 Å². The van der Waals surface area contributed by atoms with Crippen molar-refractivity contribution in [1.29, 1.82) is 0 Å². The lowest BCUT2D eigenvalue weighted by molar-refractivity contribution is 0.282. The second kappa shape index (κ2) is 7.83. The summed E-state index contributed by atoms with van der Waals surface area (Å²) in [6.07, 6.45) is 3.05. The number of hydrogen-bond acceptors (Lipinski definition) is 6. The Morgan fingerprint density at radius 3 is 2.72 bits per heavy atom. The summed E-state index contributed by atoms with van der Waals surface area (Å²) in [6, 6.07) is 7.89. The number of benzene rings is 1. The highest BCUT2D eigenvalue weighted by molar-refractivity contribution is 7.13. The van der Waals surface area contributed by atoms with Gasteiger partial charge in [0.2, 0.25) is 0 Å². The average Bonchev–Trinajstić information content (AvgIpc) is 3.26. The molecule has 0 N–H and O–H groups in total. The zero-order valence-corrected chi connectivity index (χ0v) is 16.2. The van der Waals surface area contributed by atoms with Crippen LogP contribution in [0.15, 0.2) is 41.2 Å². The first-order valence-corrected chi connectivity index (χ1v) is 10.5. The Morgan fingerprint density at radius 2 is 1.92 bits per heavy atom. The summed E-state index contributed by atoms with van der Waals surface area (Å²) in [5, 5.41) is 7.18. The van der Waals surface area contributed by atoms with Gasteiger partial charge in [-0.15, -0.1) is 22.7 Å². The molecule has 0 unspecified atom stereocenters. The van der Waals surface area contributed by atoms with Crippen LogP contribution in [-0.2, 0) is 6.54 Å². The molecule has 1 fully saturated rings. The van der Waals surface area contributed by atoms with Crippen LogP contribution < -0.4 is 4.90 Å². The minimum absolute atomic E-state index is 0.759. The van der Waals surface area contributed by atoms with Gasteiger partial charge in [-0.2, -0.15) is 0 Å². The minimum atomic E-state index is 0.759. The number of halogens is 1. The van der Waals surface area contributed by atoms with Crippen molar-refractivity contribution in [1.82, 2.24) is 14.9 Å². The molecule has 3 heterocycles. The molecule has 0 radical (unpaired) electrons. The smallest absolute Gasteiger partial charge is 0.185 e. The van der Waals surface area contributed by atoms with Crippen LogP contribution in [0.4, 0.5) is 5.13 Å². The summed E-state index contributed by atoms with van der Waals surface area (Å²) in [6.45, 7) is 5.18. The van der Waals surface area contributed by atoms with Gasteiger partial charge in [0.1, 0.15) is 5.01 Å². The normalized spacial score (nSPS) is 16.1. The molecule has 0 saturated carbocycles. The van der Waals surface area contributed by atoms with Gasteiger partial charge >= 0.3 is 0 Å². The predicted molar refractivity (Wildman–Crippen MR) is 107 cm³/mol. The summed E-state index contributed by atoms with van der Waals surface area (Å²) < 4.78 is 0. The Bertz CT molecular complexity index is 801. The molecule has 4 nitrogen and oxygen atoms in total. The van der Waals surface area contributed by atoms with Crippen LogP contribution in [0, 0.1) is 0 Å². The van der Waals surface area contributed by atoms with Crippen molar-refractivity contribution >= 4 is 39.4 Å². The fourth-order valence-corrected chi connectivity index (χ4v) is 4.67. The van der Waals surface area contributed by atoms with Crippen LogP contribution in [0.5, 0.6) is 0 Å². The van der Waals surface area contributed by atoms with Crippen LogP contribution in [-0.4, -0.2) is 41.0 Å². The van der Waals surface area contributed by atoms with E-state index in [4.69, 9.17) is 16.6 Å². The van der Waals surface area contributed by atoms with Crippen LogP contribution in [0.2, 0.25) is 5.02 Å². The topological polar surface area (TPSA) is 32.3 Å². The Hall–Kier alpha value is -1.47. The minimum Gasteiger partial charge on any atom is -0.347 e. The molecule has 0 amide bonds. The van der Waals surface area contributed by atoms with Gasteiger partial charge in [0.25, 0.3) is 0 Å². The van der Waals surface area contributed by atoms with Gasteiger partial charge in [0.05, 0.1) is 5.69 Å². The van der Waals surface area contributed by atoms with E-state index in [9.17, 15) is 0 Å². The molecular formula is C18H19ClN4S2. The van der Waals surface area contributed by atoms with Gasteiger partial charge in [-0.3, -0.25) is 4.90 Å². The highest BCUT2D eigenvalue weighted by atomic mass is 35.5. The van der Waals surface area contributed by atoms with Crippen LogP contribution >= 0.6 is 34.3 Å². The van der Waals surface area contributed by atoms with E-state index in [1.54, 1.807) is 22.7 Å². The molecule has 1 aliphatic heterocycles. The summed E-state index contributed by atoms with van der Waals surface area (Å²) in [7, 11) is 0. The molecule has 0 atom stereocenters. The Balaban J connectivity index is 1.38. The first-order valence-electron chi connectivity index (χ1n) is 8.35. The Labute approximate surface area is 160 Å². The van der Waals surface area contributed by atoms with Gasteiger partial charge in [-0.25, -0.2) is 9.97 Å². The van der Waals surface area contributed by atoms with E-state index in [1.807, 2.05) is 35.8 Å². The number of hydrogen-bond donors (Lipinski definition) is 0. The number of aromatic nitrogens is 2. The van der Waals surface area contributed by atoms with Crippen LogP contribution in [0.3, 0.4) is 0 Å². The molecule has 130 valence electrons. The van der Waals surface area contributed by atoms with Crippen molar-refractivity contribution in [3.63, 3.8) is 0 Å². The first-order chi connectivity index (χ1) is 12.3. The second-order valence-electron chi connectivity index (χ2n) is 6.08. The third-order valence-corrected chi connectivity index (χ3v) is 6.33. The molecule has 1 aromatic carbocycles. The molecule has 0 aliphatic carbocycles. The zero-order valence-electron chi connectivity index (χ0n) is 13.8. The van der Waals surface area contributed by atoms with Gasteiger partial charge in [-0.1, -0.05) is 23.7 Å². The standard InChI is InChI=1S/C18H19ClN4S2/c19-15-4-2-14(3-5-15)17-21-16(13-25-17)12-22-7-1-8-23(10-9-22)18-20-6-11-24-18/h2-6,11,13H,1,7-10,12H2. The summed E-state index contributed by atoms with van der Waals surface area (Å²) in [5.41, 5.74) is 2.28. The van der Waals surface area contributed by atoms with E-state index in [0.717, 1.165) is 65.6 Å². The molecule has 4 rings (SSSR count). The lowest BCUT2D eigenvalue weighted by Crippen LogP contribution is -2.30. The molecule has 25 heavy (non-hydrogen) atoms. The van der Waals surface area contributed by atoms with Crippen molar-refractivity contribution in [2.75, 3.05) is 31.1 Å². The summed E-state index contributed by atoms with van der Waals surface area (Å²) >= 11 is 9.39. The summed E-state index contributed by atoms with van der Waals surface area (Å²) in [5.74, 6) is 0. The average molecular weight is 391 g/mol. The van der Waals surface area contributed by atoms with E-state index in [-0.39, 0.29) is 0 Å². The maximum Gasteiger partial charge on any atom is 0.185 e. The van der Waals surface area contributed by atoms with Gasteiger partial charge in [-0.05, 0) is 18.6 Å². The molecular weight excluding hydrogens is 372 g/mol. The third-order valence-electron chi connectivity index (χ3n) is 4.31. The van der Waals surface area contributed by atoms with Crippen molar-refractivity contribution in [3.05, 3.63) is 51.9 Å². The molecule has 1 saturated heterocycles. The van der Waals surface area contributed by atoms with E-state index in [2.05, 4.69) is 20.2 Å². The summed E-state index contributed by atoms with van der Waals surface area (Å²) in [4.78, 5) is 14.1. The van der Waals surface area contributed by atoms with Crippen LogP contribution in [0.1, 0.15) is 12.1 Å². The quantitative estimate of drug-likeness (QED) is 0.650. The number of nitrogens with zero attached hydrogens (tertiary/aromatic N) is 4. The lowest BCUT2D eigenvalue weighted by atomic mass is 10.2. The van der Waals surface area contributed by atoms with Crippen LogP contribution in [0.25, 0.3) is 10.6 Å². The maximum absolute atomic E-state index is 5.97. The lowest BCUT2D eigenvalue weighted by Gasteiger charge is -2.20. The molecule has 0 bridgehead atoms. The fourth-order valence-electron chi connectivity index (χ4n) is 3.03. The van der Waals surface area contributed by atoms with Crippen molar-refractivity contribution in [3.8, 4) is 10.6 Å². The van der Waals surface area contributed by atoms with Crippen molar-refractivity contribution < 1.29 is 0 Å². The van der Waals surface area contributed by atoms with E-state index in [0.29, 0.717) is 0 Å².